The molecule has 0 saturated heterocycles. The van der Waals surface area contributed by atoms with Crippen molar-refractivity contribution in [3.63, 3.8) is 0 Å². The Morgan fingerprint density at radius 1 is 0.947 bits per heavy atom. The maximum Gasteiger partial charge on any atom is 0.408 e. The number of nitrogens with zero attached hydrogens (tertiary/aromatic N) is 2. The molecule has 0 fully saturated rings. The molecule has 0 aliphatic carbocycles. The van der Waals surface area contributed by atoms with E-state index in [9.17, 15) is 4.57 Å². The molecule has 0 atom stereocenters. The van der Waals surface area contributed by atoms with Crippen LogP contribution in [-0.2, 0) is 13.6 Å². The second-order valence-electron chi connectivity index (χ2n) is 5.19. The predicted octanol–water partition coefficient (Wildman–Crippen LogP) is 3.22. The molecule has 116 valence electrons. The molecule has 6 heteroatoms. The Morgan fingerprint density at radius 3 is 1.68 bits per heavy atom. The highest BCUT2D eigenvalue weighted by Gasteiger charge is 2.33. The zero-order valence-corrected chi connectivity index (χ0v) is 14.4. The van der Waals surface area contributed by atoms with E-state index < -0.39 is 7.75 Å². The van der Waals surface area contributed by atoms with Crippen molar-refractivity contribution < 1.29 is 13.6 Å². The van der Waals surface area contributed by atoms with E-state index >= 15 is 0 Å². The molecule has 5 nitrogen and oxygen atoms in total. The van der Waals surface area contributed by atoms with E-state index in [1.54, 1.807) is 11.7 Å². The maximum absolute atomic E-state index is 12.8. The summed E-state index contributed by atoms with van der Waals surface area (Å²) >= 11 is 0. The minimum absolute atomic E-state index is 0.125. The zero-order valence-electron chi connectivity index (χ0n) is 13.5. The second-order valence-corrected chi connectivity index (χ2v) is 7.23. The van der Waals surface area contributed by atoms with Crippen LogP contribution in [0.25, 0.3) is 0 Å². The van der Waals surface area contributed by atoms with Crippen molar-refractivity contribution in [3.8, 4) is 0 Å². The first-order chi connectivity index (χ1) is 8.75. The van der Waals surface area contributed by atoms with Crippen molar-refractivity contribution in [1.29, 1.82) is 0 Å². The van der Waals surface area contributed by atoms with Gasteiger partial charge < -0.3 is 4.90 Å². The van der Waals surface area contributed by atoms with Crippen LogP contribution in [0.3, 0.4) is 0 Å². The highest BCUT2D eigenvalue weighted by molar-refractivity contribution is 7.51. The van der Waals surface area contributed by atoms with E-state index in [-0.39, 0.29) is 12.2 Å². The Hall–Kier alpha value is 0.0700. The molecule has 0 amide bonds. The molecule has 0 spiro atoms. The number of rotatable bonds is 10. The lowest BCUT2D eigenvalue weighted by atomic mass is 10.5. The van der Waals surface area contributed by atoms with Gasteiger partial charge in [0.25, 0.3) is 0 Å². The predicted molar refractivity (Wildman–Crippen MR) is 80.5 cm³/mol. The van der Waals surface area contributed by atoms with Crippen molar-refractivity contribution >= 4 is 7.75 Å². The quantitative estimate of drug-likeness (QED) is 0.579. The summed E-state index contributed by atoms with van der Waals surface area (Å²) in [4.78, 5) is 2.28. The van der Waals surface area contributed by atoms with Crippen LogP contribution >= 0.6 is 7.75 Å². The van der Waals surface area contributed by atoms with Crippen LogP contribution in [0.2, 0.25) is 0 Å². The van der Waals surface area contributed by atoms with Crippen molar-refractivity contribution in [2.75, 3.05) is 33.2 Å². The summed E-state index contributed by atoms with van der Waals surface area (Å²) in [6.07, 6.45) is -0.249. The van der Waals surface area contributed by atoms with Crippen molar-refractivity contribution in [2.45, 2.75) is 53.8 Å². The third-order valence-corrected chi connectivity index (χ3v) is 5.15. The van der Waals surface area contributed by atoms with E-state index in [0.29, 0.717) is 6.54 Å². The molecule has 0 aliphatic rings. The van der Waals surface area contributed by atoms with E-state index in [1.807, 2.05) is 27.7 Å². The summed E-state index contributed by atoms with van der Waals surface area (Å²) < 4.78 is 25.6. The van der Waals surface area contributed by atoms with Crippen LogP contribution in [0.1, 0.15) is 41.5 Å². The monoisotopic (exact) mass is 294 g/mol. The summed E-state index contributed by atoms with van der Waals surface area (Å²) in [7, 11) is -1.39. The third-order valence-electron chi connectivity index (χ3n) is 2.74. The van der Waals surface area contributed by atoms with Gasteiger partial charge in [0.15, 0.2) is 0 Å². The van der Waals surface area contributed by atoms with E-state index in [0.717, 1.165) is 19.6 Å². The highest BCUT2D eigenvalue weighted by Crippen LogP contribution is 2.52. The van der Waals surface area contributed by atoms with Gasteiger partial charge in [-0.2, -0.15) is 0 Å². The molecule has 0 N–H and O–H groups in total. The topological polar surface area (TPSA) is 42.0 Å². The molecule has 0 aliphatic heterocycles. The molecular formula is C13H31N2O3P. The second kappa shape index (κ2) is 9.09. The molecule has 0 unspecified atom stereocenters. The van der Waals surface area contributed by atoms with Gasteiger partial charge in [-0.1, -0.05) is 13.8 Å². The lowest BCUT2D eigenvalue weighted by molar-refractivity contribution is 0.108. The molecule has 19 heavy (non-hydrogen) atoms. The van der Waals surface area contributed by atoms with E-state index in [4.69, 9.17) is 9.05 Å². The van der Waals surface area contributed by atoms with E-state index in [1.165, 1.54) is 0 Å². The molecular weight excluding hydrogens is 263 g/mol. The van der Waals surface area contributed by atoms with Crippen molar-refractivity contribution in [3.05, 3.63) is 0 Å². The largest absolute Gasteiger partial charge is 0.408 e. The number of hydrogen-bond donors (Lipinski definition) is 0. The Balaban J connectivity index is 4.62. The fraction of sp³-hybridized carbons (Fsp3) is 1.00. The Morgan fingerprint density at radius 2 is 1.37 bits per heavy atom. The first-order valence-electron chi connectivity index (χ1n) is 7.15. The lowest BCUT2D eigenvalue weighted by Crippen LogP contribution is -2.33. The molecule has 0 aromatic heterocycles. The van der Waals surface area contributed by atoms with Gasteiger partial charge in [0, 0.05) is 13.1 Å². The van der Waals surface area contributed by atoms with Crippen molar-refractivity contribution in [1.82, 2.24) is 9.57 Å². The average molecular weight is 294 g/mol. The van der Waals surface area contributed by atoms with Gasteiger partial charge in [-0.05, 0) is 47.8 Å². The minimum atomic E-state index is -3.19. The van der Waals surface area contributed by atoms with Crippen LogP contribution in [0.5, 0.6) is 0 Å². The van der Waals surface area contributed by atoms with E-state index in [2.05, 4.69) is 18.7 Å². The SMILES string of the molecule is CCN(CC)CCN(C)P(=O)(OC(C)C)OC(C)C. The molecule has 0 aromatic rings. The number of hydrogen-bond acceptors (Lipinski definition) is 4. The summed E-state index contributed by atoms with van der Waals surface area (Å²) in [5.74, 6) is 0. The Bertz CT molecular complexity index is 267. The molecule has 0 rings (SSSR count). The summed E-state index contributed by atoms with van der Waals surface area (Å²) in [5, 5.41) is 0. The van der Waals surface area contributed by atoms with Gasteiger partial charge in [-0.15, -0.1) is 0 Å². The summed E-state index contributed by atoms with van der Waals surface area (Å²) in [6.45, 7) is 15.2. The van der Waals surface area contributed by atoms with Gasteiger partial charge >= 0.3 is 7.75 Å². The fourth-order valence-corrected chi connectivity index (χ4v) is 3.44. The van der Waals surface area contributed by atoms with Gasteiger partial charge in [0.2, 0.25) is 0 Å². The van der Waals surface area contributed by atoms with Gasteiger partial charge in [-0.3, -0.25) is 9.05 Å². The number of likely N-dealkylation sites (N-methyl/N-ethyl adjacent to an activating group) is 2. The standard InChI is InChI=1S/C13H31N2O3P/c1-8-15(9-2)11-10-14(7)19(16,17-12(3)4)18-13(5)6/h12-13H,8-11H2,1-7H3. The molecule has 0 radical (unpaired) electrons. The first-order valence-corrected chi connectivity index (χ1v) is 8.65. The summed E-state index contributed by atoms with van der Waals surface area (Å²) in [5.41, 5.74) is 0. The smallest absolute Gasteiger partial charge is 0.303 e. The fourth-order valence-electron chi connectivity index (χ4n) is 1.67. The highest BCUT2D eigenvalue weighted by atomic mass is 31.2. The Labute approximate surface area is 118 Å². The van der Waals surface area contributed by atoms with Crippen molar-refractivity contribution in [2.24, 2.45) is 0 Å². The van der Waals surface area contributed by atoms with Gasteiger partial charge in [-0.25, -0.2) is 9.24 Å². The van der Waals surface area contributed by atoms with Crippen LogP contribution in [0, 0.1) is 0 Å². The van der Waals surface area contributed by atoms with Crippen LogP contribution in [0.15, 0.2) is 0 Å². The first kappa shape index (κ1) is 19.1. The molecule has 0 saturated carbocycles. The Kier molecular flexibility index (Phi) is 9.12. The summed E-state index contributed by atoms with van der Waals surface area (Å²) in [6, 6.07) is 0. The molecule has 0 bridgehead atoms. The third kappa shape index (κ3) is 7.42. The van der Waals surface area contributed by atoms with Gasteiger partial charge in [0.05, 0.1) is 12.2 Å². The van der Waals surface area contributed by atoms with Gasteiger partial charge in [0.1, 0.15) is 0 Å². The molecule has 0 heterocycles. The van der Waals surface area contributed by atoms with Crippen LogP contribution in [-0.4, -0.2) is 55.0 Å². The zero-order chi connectivity index (χ0) is 15.1. The van der Waals surface area contributed by atoms with Crippen LogP contribution < -0.4 is 0 Å². The van der Waals surface area contributed by atoms with Crippen LogP contribution in [0.4, 0.5) is 0 Å². The molecule has 0 aromatic carbocycles. The average Bonchev–Trinajstić information content (AvgIpc) is 2.27. The lowest BCUT2D eigenvalue weighted by Gasteiger charge is -2.31. The maximum atomic E-state index is 12.8. The minimum Gasteiger partial charge on any atom is -0.303 e. The normalized spacial score (nSPS) is 13.2.